The minimum absolute atomic E-state index is 0.00197. The van der Waals surface area contributed by atoms with E-state index >= 15 is 0 Å². The molecule has 7 heteroatoms. The third-order valence-electron chi connectivity index (χ3n) is 3.92. The van der Waals surface area contributed by atoms with Crippen molar-refractivity contribution in [3.63, 3.8) is 0 Å². The molecule has 27 heavy (non-hydrogen) atoms. The number of amides is 2. The van der Waals surface area contributed by atoms with Gasteiger partial charge in [-0.05, 0) is 33.3 Å². The summed E-state index contributed by atoms with van der Waals surface area (Å²) in [4.78, 5) is 36.1. The van der Waals surface area contributed by atoms with Gasteiger partial charge in [-0.3, -0.25) is 14.4 Å². The summed E-state index contributed by atoms with van der Waals surface area (Å²) in [6.07, 6.45) is -0.303. The predicted octanol–water partition coefficient (Wildman–Crippen LogP) is 2.25. The topological polar surface area (TPSA) is 88.1 Å². The predicted molar refractivity (Wildman–Crippen MR) is 102 cm³/mol. The lowest BCUT2D eigenvalue weighted by Crippen LogP contribution is -2.46. The van der Waals surface area contributed by atoms with Gasteiger partial charge in [0.05, 0.1) is 18.7 Å². The van der Waals surface area contributed by atoms with E-state index in [4.69, 9.17) is 4.74 Å². The third kappa shape index (κ3) is 6.51. The molecule has 0 aliphatic carbocycles. The second-order valence-corrected chi connectivity index (χ2v) is 7.55. The van der Waals surface area contributed by atoms with E-state index in [1.165, 1.54) is 11.9 Å². The molecular formula is C20H27N3O4. The molecule has 0 spiro atoms. The van der Waals surface area contributed by atoms with Crippen LogP contribution in [0.2, 0.25) is 0 Å². The van der Waals surface area contributed by atoms with Gasteiger partial charge in [0.2, 0.25) is 5.91 Å². The minimum Gasteiger partial charge on any atom is -0.453 e. The largest absolute Gasteiger partial charge is 0.453 e. The summed E-state index contributed by atoms with van der Waals surface area (Å²) in [6.45, 7) is 7.55. The highest BCUT2D eigenvalue weighted by molar-refractivity contribution is 6.02. The van der Waals surface area contributed by atoms with Crippen molar-refractivity contribution in [1.29, 1.82) is 0 Å². The summed E-state index contributed by atoms with van der Waals surface area (Å²) in [6, 6.07) is 9.68. The first-order valence-corrected chi connectivity index (χ1v) is 9.10. The number of hydrogen-bond acceptors (Lipinski definition) is 5. The molecule has 1 aromatic carbocycles. The van der Waals surface area contributed by atoms with Crippen LogP contribution in [0.15, 0.2) is 35.4 Å². The Morgan fingerprint density at radius 1 is 1.19 bits per heavy atom. The van der Waals surface area contributed by atoms with Crippen LogP contribution in [0.3, 0.4) is 0 Å². The number of carbonyl (C=O) groups excluding carboxylic acids is 3. The molecule has 1 N–H and O–H groups in total. The van der Waals surface area contributed by atoms with E-state index in [9.17, 15) is 14.4 Å². The normalized spacial score (nSPS) is 15.1. The highest BCUT2D eigenvalue weighted by atomic mass is 16.5. The van der Waals surface area contributed by atoms with E-state index in [0.717, 1.165) is 11.3 Å². The molecule has 7 nitrogen and oxygen atoms in total. The highest BCUT2D eigenvalue weighted by Crippen LogP contribution is 2.15. The Kier molecular flexibility index (Phi) is 6.71. The molecule has 1 aliphatic rings. The van der Waals surface area contributed by atoms with Gasteiger partial charge >= 0.3 is 5.97 Å². The van der Waals surface area contributed by atoms with E-state index in [-0.39, 0.29) is 24.7 Å². The van der Waals surface area contributed by atoms with Crippen LogP contribution in [0, 0.1) is 0 Å². The summed E-state index contributed by atoms with van der Waals surface area (Å²) >= 11 is 0. The molecule has 0 bridgehead atoms. The van der Waals surface area contributed by atoms with Crippen molar-refractivity contribution in [1.82, 2.24) is 10.3 Å². The second-order valence-electron chi connectivity index (χ2n) is 7.55. The standard InChI is InChI=1S/C20H27N3O4/c1-14(19(26)21-20(2,3)4)27-18(25)11-10-17(24)23-13-12-16(22-23)15-8-6-5-7-9-15/h5-9,14H,10-13H2,1-4H3,(H,21,26). The van der Waals surface area contributed by atoms with Crippen LogP contribution in [-0.2, 0) is 19.1 Å². The van der Waals surface area contributed by atoms with E-state index in [1.807, 2.05) is 51.1 Å². The maximum absolute atomic E-state index is 12.3. The molecule has 0 aromatic heterocycles. The van der Waals surface area contributed by atoms with Crippen LogP contribution in [0.4, 0.5) is 0 Å². The first kappa shape index (κ1) is 20.6. The minimum atomic E-state index is -0.902. The summed E-state index contributed by atoms with van der Waals surface area (Å²) in [5, 5.41) is 8.49. The molecule has 0 fully saturated rings. The number of rotatable bonds is 6. The maximum Gasteiger partial charge on any atom is 0.307 e. The Morgan fingerprint density at radius 3 is 2.48 bits per heavy atom. The second kappa shape index (κ2) is 8.79. The fourth-order valence-electron chi connectivity index (χ4n) is 2.59. The summed E-state index contributed by atoms with van der Waals surface area (Å²) in [5.74, 6) is -1.17. The summed E-state index contributed by atoms with van der Waals surface area (Å²) < 4.78 is 5.10. The number of nitrogens with zero attached hydrogens (tertiary/aromatic N) is 2. The van der Waals surface area contributed by atoms with Crippen molar-refractivity contribution in [3.8, 4) is 0 Å². The molecule has 2 amide bonds. The van der Waals surface area contributed by atoms with Gasteiger partial charge in [0.1, 0.15) is 0 Å². The molecule has 1 atom stereocenters. The van der Waals surface area contributed by atoms with Crippen molar-refractivity contribution in [3.05, 3.63) is 35.9 Å². The molecule has 0 radical (unpaired) electrons. The molecule has 0 saturated carbocycles. The van der Waals surface area contributed by atoms with Crippen LogP contribution in [0.1, 0.15) is 52.5 Å². The maximum atomic E-state index is 12.3. The summed E-state index contributed by atoms with van der Waals surface area (Å²) in [7, 11) is 0. The molecule has 1 heterocycles. The average Bonchev–Trinajstić information content (AvgIpc) is 3.09. The SMILES string of the molecule is CC(OC(=O)CCC(=O)N1CCC(c2ccccc2)=N1)C(=O)NC(C)(C)C. The molecule has 2 rings (SSSR count). The van der Waals surface area contributed by atoms with Gasteiger partial charge in [-0.1, -0.05) is 30.3 Å². The smallest absolute Gasteiger partial charge is 0.307 e. The third-order valence-corrected chi connectivity index (χ3v) is 3.92. The van der Waals surface area contributed by atoms with Crippen LogP contribution < -0.4 is 5.32 Å². The number of nitrogens with one attached hydrogen (secondary N) is 1. The van der Waals surface area contributed by atoms with Gasteiger partial charge in [-0.25, -0.2) is 5.01 Å². The zero-order valence-electron chi connectivity index (χ0n) is 16.3. The Balaban J connectivity index is 1.79. The lowest BCUT2D eigenvalue weighted by atomic mass is 10.1. The molecular weight excluding hydrogens is 346 g/mol. The zero-order valence-corrected chi connectivity index (χ0v) is 16.3. The lowest BCUT2D eigenvalue weighted by Gasteiger charge is -2.23. The summed E-state index contributed by atoms with van der Waals surface area (Å²) in [5.41, 5.74) is 1.45. The van der Waals surface area contributed by atoms with E-state index < -0.39 is 17.6 Å². The van der Waals surface area contributed by atoms with Crippen molar-refractivity contribution < 1.29 is 19.1 Å². The Hall–Kier alpha value is -2.70. The fraction of sp³-hybridized carbons (Fsp3) is 0.500. The van der Waals surface area contributed by atoms with E-state index in [1.54, 1.807) is 0 Å². The highest BCUT2D eigenvalue weighted by Gasteiger charge is 2.25. The van der Waals surface area contributed by atoms with Gasteiger partial charge in [-0.15, -0.1) is 0 Å². The van der Waals surface area contributed by atoms with Crippen molar-refractivity contribution in [2.45, 2.75) is 58.6 Å². The molecule has 1 aromatic rings. The molecule has 0 saturated heterocycles. The van der Waals surface area contributed by atoms with Crippen LogP contribution >= 0.6 is 0 Å². The molecule has 1 unspecified atom stereocenters. The first-order chi connectivity index (χ1) is 12.7. The van der Waals surface area contributed by atoms with Crippen LogP contribution in [-0.4, -0.2) is 46.7 Å². The Labute approximate surface area is 159 Å². The van der Waals surface area contributed by atoms with Crippen molar-refractivity contribution in [2.24, 2.45) is 5.10 Å². The van der Waals surface area contributed by atoms with Crippen LogP contribution in [0.5, 0.6) is 0 Å². The molecule has 146 valence electrons. The number of hydrazone groups is 1. The lowest BCUT2D eigenvalue weighted by molar-refractivity contribution is -0.156. The van der Waals surface area contributed by atoms with Gasteiger partial charge in [0.15, 0.2) is 6.10 Å². The number of carbonyl (C=O) groups is 3. The monoisotopic (exact) mass is 373 g/mol. The Bertz CT molecular complexity index is 722. The van der Waals surface area contributed by atoms with Gasteiger partial charge in [0.25, 0.3) is 5.91 Å². The van der Waals surface area contributed by atoms with E-state index in [2.05, 4.69) is 10.4 Å². The Morgan fingerprint density at radius 2 is 1.85 bits per heavy atom. The number of benzene rings is 1. The average molecular weight is 373 g/mol. The van der Waals surface area contributed by atoms with Crippen LogP contribution in [0.25, 0.3) is 0 Å². The first-order valence-electron chi connectivity index (χ1n) is 9.10. The van der Waals surface area contributed by atoms with Crippen molar-refractivity contribution >= 4 is 23.5 Å². The van der Waals surface area contributed by atoms with Gasteiger partial charge in [0, 0.05) is 18.4 Å². The van der Waals surface area contributed by atoms with Gasteiger partial charge < -0.3 is 10.1 Å². The number of esters is 1. The number of hydrogen-bond donors (Lipinski definition) is 1. The van der Waals surface area contributed by atoms with E-state index in [0.29, 0.717) is 13.0 Å². The molecule has 1 aliphatic heterocycles. The fourth-order valence-corrected chi connectivity index (χ4v) is 2.59. The number of ether oxygens (including phenoxy) is 1. The van der Waals surface area contributed by atoms with Gasteiger partial charge in [-0.2, -0.15) is 5.10 Å². The zero-order chi connectivity index (χ0) is 20.0. The quantitative estimate of drug-likeness (QED) is 0.775. The van der Waals surface area contributed by atoms with Crippen molar-refractivity contribution in [2.75, 3.05) is 6.54 Å².